The molecule has 0 saturated carbocycles. The number of para-hydroxylation sites is 1. The number of nitrogens with zero attached hydrogens (tertiary/aromatic N) is 1. The van der Waals surface area contributed by atoms with E-state index in [-0.39, 0.29) is 5.02 Å². The SMILES string of the molecule is Cc1oc(=O)c(Cl)c(N(C)c2ccccc2)c1C. The van der Waals surface area contributed by atoms with Gasteiger partial charge in [0.25, 0.3) is 0 Å². The number of rotatable bonds is 2. The molecule has 0 bridgehead atoms. The molecule has 0 atom stereocenters. The lowest BCUT2D eigenvalue weighted by atomic mass is 10.2. The van der Waals surface area contributed by atoms with Crippen molar-refractivity contribution in [3.05, 3.63) is 57.1 Å². The van der Waals surface area contributed by atoms with E-state index in [1.165, 1.54) is 0 Å². The molecule has 4 heteroatoms. The van der Waals surface area contributed by atoms with Crippen molar-refractivity contribution in [2.75, 3.05) is 11.9 Å². The fourth-order valence-corrected chi connectivity index (χ4v) is 2.18. The van der Waals surface area contributed by atoms with E-state index in [1.807, 2.05) is 49.2 Å². The van der Waals surface area contributed by atoms with E-state index in [1.54, 1.807) is 6.92 Å². The average molecular weight is 264 g/mol. The fraction of sp³-hybridized carbons (Fsp3) is 0.214. The number of hydrogen-bond acceptors (Lipinski definition) is 3. The molecular weight excluding hydrogens is 250 g/mol. The van der Waals surface area contributed by atoms with Gasteiger partial charge in [-0.15, -0.1) is 0 Å². The largest absolute Gasteiger partial charge is 0.427 e. The number of halogens is 1. The van der Waals surface area contributed by atoms with Crippen LogP contribution in [0.15, 0.2) is 39.5 Å². The molecule has 3 nitrogen and oxygen atoms in total. The van der Waals surface area contributed by atoms with E-state index < -0.39 is 5.63 Å². The van der Waals surface area contributed by atoms with E-state index in [2.05, 4.69) is 0 Å². The van der Waals surface area contributed by atoms with Gasteiger partial charge in [0.05, 0.1) is 5.69 Å². The van der Waals surface area contributed by atoms with E-state index in [9.17, 15) is 4.79 Å². The van der Waals surface area contributed by atoms with Crippen molar-refractivity contribution in [1.82, 2.24) is 0 Å². The molecule has 1 aromatic carbocycles. The zero-order chi connectivity index (χ0) is 13.3. The zero-order valence-electron chi connectivity index (χ0n) is 10.5. The summed E-state index contributed by atoms with van der Waals surface area (Å²) in [5.41, 5.74) is 2.02. The number of hydrogen-bond donors (Lipinski definition) is 0. The van der Waals surface area contributed by atoms with Gasteiger partial charge < -0.3 is 9.32 Å². The highest BCUT2D eigenvalue weighted by Crippen LogP contribution is 2.32. The van der Waals surface area contributed by atoms with Crippen LogP contribution in [0, 0.1) is 13.8 Å². The van der Waals surface area contributed by atoms with Gasteiger partial charge in [-0.05, 0) is 26.0 Å². The van der Waals surface area contributed by atoms with Crippen molar-refractivity contribution in [1.29, 1.82) is 0 Å². The summed E-state index contributed by atoms with van der Waals surface area (Å²) in [5.74, 6) is 0.585. The van der Waals surface area contributed by atoms with Crippen LogP contribution in [-0.4, -0.2) is 7.05 Å². The zero-order valence-corrected chi connectivity index (χ0v) is 11.3. The van der Waals surface area contributed by atoms with Gasteiger partial charge in [-0.25, -0.2) is 4.79 Å². The first-order valence-corrected chi connectivity index (χ1v) is 5.98. The molecule has 0 aliphatic rings. The molecule has 18 heavy (non-hydrogen) atoms. The predicted molar refractivity (Wildman–Crippen MR) is 74.0 cm³/mol. The molecule has 2 aromatic rings. The van der Waals surface area contributed by atoms with Gasteiger partial charge in [0.15, 0.2) is 0 Å². The van der Waals surface area contributed by atoms with Crippen molar-refractivity contribution in [2.24, 2.45) is 0 Å². The quantitative estimate of drug-likeness (QED) is 0.829. The Morgan fingerprint density at radius 2 is 1.78 bits per heavy atom. The topological polar surface area (TPSA) is 33.5 Å². The second-order valence-corrected chi connectivity index (χ2v) is 4.51. The molecule has 2 rings (SSSR count). The van der Waals surface area contributed by atoms with Gasteiger partial charge in [0, 0.05) is 18.3 Å². The minimum atomic E-state index is -0.502. The lowest BCUT2D eigenvalue weighted by molar-refractivity contribution is 0.476. The van der Waals surface area contributed by atoms with Crippen LogP contribution in [0.4, 0.5) is 11.4 Å². The minimum absolute atomic E-state index is 0.115. The first-order chi connectivity index (χ1) is 8.52. The van der Waals surface area contributed by atoms with Crippen LogP contribution in [0.3, 0.4) is 0 Å². The monoisotopic (exact) mass is 263 g/mol. The van der Waals surface area contributed by atoms with Crippen LogP contribution in [0.1, 0.15) is 11.3 Å². The van der Waals surface area contributed by atoms with Crippen LogP contribution in [0.2, 0.25) is 5.02 Å². The normalized spacial score (nSPS) is 10.4. The molecule has 0 amide bonds. The Morgan fingerprint density at radius 3 is 2.39 bits per heavy atom. The van der Waals surface area contributed by atoms with Crippen molar-refractivity contribution >= 4 is 23.0 Å². The van der Waals surface area contributed by atoms with Crippen molar-refractivity contribution < 1.29 is 4.42 Å². The van der Waals surface area contributed by atoms with Crippen LogP contribution in [0.25, 0.3) is 0 Å². The maximum atomic E-state index is 11.6. The highest BCUT2D eigenvalue weighted by atomic mass is 35.5. The maximum Gasteiger partial charge on any atom is 0.357 e. The lowest BCUT2D eigenvalue weighted by Gasteiger charge is -2.22. The molecule has 0 spiro atoms. The van der Waals surface area contributed by atoms with Gasteiger partial charge in [0.2, 0.25) is 0 Å². The molecule has 0 aliphatic heterocycles. The fourth-order valence-electron chi connectivity index (χ4n) is 1.87. The highest BCUT2D eigenvalue weighted by Gasteiger charge is 2.17. The number of aryl methyl sites for hydroxylation is 1. The van der Waals surface area contributed by atoms with Gasteiger partial charge in [-0.2, -0.15) is 0 Å². The summed E-state index contributed by atoms with van der Waals surface area (Å²) in [4.78, 5) is 13.5. The second kappa shape index (κ2) is 4.86. The van der Waals surface area contributed by atoms with E-state index in [0.717, 1.165) is 11.3 Å². The molecule has 0 N–H and O–H groups in total. The summed E-state index contributed by atoms with van der Waals surface area (Å²) in [6, 6.07) is 9.73. The molecule has 0 saturated heterocycles. The first-order valence-electron chi connectivity index (χ1n) is 5.61. The Labute approximate surface area is 111 Å². The Balaban J connectivity index is 2.62. The van der Waals surface area contributed by atoms with Crippen molar-refractivity contribution in [3.63, 3.8) is 0 Å². The van der Waals surface area contributed by atoms with Gasteiger partial charge in [0.1, 0.15) is 10.8 Å². The van der Waals surface area contributed by atoms with Crippen LogP contribution >= 0.6 is 11.6 Å². The molecule has 0 radical (unpaired) electrons. The van der Waals surface area contributed by atoms with E-state index in [0.29, 0.717) is 11.4 Å². The van der Waals surface area contributed by atoms with Crippen LogP contribution in [-0.2, 0) is 0 Å². The van der Waals surface area contributed by atoms with Gasteiger partial charge in [-0.3, -0.25) is 0 Å². The summed E-state index contributed by atoms with van der Waals surface area (Å²) >= 11 is 6.07. The van der Waals surface area contributed by atoms with Crippen LogP contribution < -0.4 is 10.5 Å². The Hall–Kier alpha value is -1.74. The molecule has 0 unspecified atom stereocenters. The Kier molecular flexibility index (Phi) is 3.43. The standard InChI is InChI=1S/C14H14ClNO2/c1-9-10(2)18-14(17)12(15)13(9)16(3)11-7-5-4-6-8-11/h4-8H,1-3H3. The number of benzene rings is 1. The van der Waals surface area contributed by atoms with Gasteiger partial charge >= 0.3 is 5.63 Å². The molecule has 0 fully saturated rings. The Bertz CT molecular complexity index is 620. The van der Waals surface area contributed by atoms with E-state index in [4.69, 9.17) is 16.0 Å². The molecular formula is C14H14ClNO2. The molecule has 1 heterocycles. The summed E-state index contributed by atoms with van der Waals surface area (Å²) in [7, 11) is 1.88. The summed E-state index contributed by atoms with van der Waals surface area (Å²) in [6.07, 6.45) is 0. The number of anilines is 2. The summed E-state index contributed by atoms with van der Waals surface area (Å²) in [6.45, 7) is 3.65. The summed E-state index contributed by atoms with van der Waals surface area (Å²) in [5, 5.41) is 0.115. The third-order valence-electron chi connectivity index (χ3n) is 3.00. The third kappa shape index (κ3) is 2.14. The average Bonchev–Trinajstić information content (AvgIpc) is 2.37. The molecule has 0 aliphatic carbocycles. The van der Waals surface area contributed by atoms with Crippen molar-refractivity contribution in [2.45, 2.75) is 13.8 Å². The minimum Gasteiger partial charge on any atom is -0.427 e. The van der Waals surface area contributed by atoms with Crippen LogP contribution in [0.5, 0.6) is 0 Å². The smallest absolute Gasteiger partial charge is 0.357 e. The second-order valence-electron chi connectivity index (χ2n) is 4.13. The lowest BCUT2D eigenvalue weighted by Crippen LogP contribution is -2.16. The molecule has 94 valence electrons. The highest BCUT2D eigenvalue weighted by molar-refractivity contribution is 6.33. The maximum absolute atomic E-state index is 11.6. The summed E-state index contributed by atoms with van der Waals surface area (Å²) < 4.78 is 5.05. The Morgan fingerprint density at radius 1 is 1.17 bits per heavy atom. The first kappa shape index (κ1) is 12.7. The predicted octanol–water partition coefficient (Wildman–Crippen LogP) is 3.68. The van der Waals surface area contributed by atoms with Gasteiger partial charge in [-0.1, -0.05) is 29.8 Å². The molecule has 1 aromatic heterocycles. The third-order valence-corrected chi connectivity index (χ3v) is 3.33. The van der Waals surface area contributed by atoms with E-state index >= 15 is 0 Å². The van der Waals surface area contributed by atoms with Crippen molar-refractivity contribution in [3.8, 4) is 0 Å².